The maximum absolute atomic E-state index is 13.0. The summed E-state index contributed by atoms with van der Waals surface area (Å²) in [5, 5.41) is 0.521. The number of rotatable bonds is 4. The Morgan fingerprint density at radius 3 is 2.26 bits per heavy atom. The van der Waals surface area contributed by atoms with Crippen molar-refractivity contribution in [3.63, 3.8) is 0 Å². The molecule has 31 heavy (non-hydrogen) atoms. The van der Waals surface area contributed by atoms with Gasteiger partial charge in [-0.25, -0.2) is 8.42 Å². The van der Waals surface area contributed by atoms with Crippen LogP contribution in [0.4, 0.5) is 0 Å². The number of carbonyl (C=O) groups excluding carboxylic acids is 1. The van der Waals surface area contributed by atoms with Crippen molar-refractivity contribution in [1.29, 1.82) is 0 Å². The number of hydrogen-bond donors (Lipinski definition) is 2. The number of benzene rings is 2. The zero-order valence-electron chi connectivity index (χ0n) is 16.3. The predicted octanol–water partition coefficient (Wildman–Crippen LogP) is 0.945. The molecule has 11 heteroatoms. The SMILES string of the molecule is O=C(Cc1ccccc1Cl)N1CCN(S(=O)(=O)c2ccc3[nH]c(=O)c(=O)[nH]c3c2)CC1. The lowest BCUT2D eigenvalue weighted by Gasteiger charge is -2.34. The second-order valence-corrected chi connectivity index (χ2v) is 9.51. The molecule has 1 aromatic heterocycles. The Balaban J connectivity index is 1.47. The van der Waals surface area contributed by atoms with Crippen LogP contribution in [0.15, 0.2) is 56.9 Å². The van der Waals surface area contributed by atoms with Crippen LogP contribution in [0.2, 0.25) is 5.02 Å². The normalized spacial score (nSPS) is 15.3. The molecule has 2 N–H and O–H groups in total. The molecule has 3 aromatic rings. The molecule has 1 amide bonds. The minimum Gasteiger partial charge on any atom is -0.340 e. The van der Waals surface area contributed by atoms with E-state index in [1.165, 1.54) is 22.5 Å². The molecular formula is C20H19ClN4O5S. The molecule has 0 atom stereocenters. The van der Waals surface area contributed by atoms with E-state index >= 15 is 0 Å². The van der Waals surface area contributed by atoms with Crippen LogP contribution in [-0.2, 0) is 21.2 Å². The van der Waals surface area contributed by atoms with E-state index in [0.717, 1.165) is 5.56 Å². The molecular weight excluding hydrogens is 444 g/mol. The number of sulfonamides is 1. The Labute approximate surface area is 182 Å². The van der Waals surface area contributed by atoms with Gasteiger partial charge in [-0.05, 0) is 29.8 Å². The molecule has 0 saturated carbocycles. The van der Waals surface area contributed by atoms with E-state index < -0.39 is 21.1 Å². The quantitative estimate of drug-likeness (QED) is 0.558. The largest absolute Gasteiger partial charge is 0.340 e. The Bertz CT molecular complexity index is 1370. The molecule has 2 aromatic carbocycles. The van der Waals surface area contributed by atoms with Gasteiger partial charge in [0.25, 0.3) is 0 Å². The van der Waals surface area contributed by atoms with Gasteiger partial charge >= 0.3 is 11.1 Å². The van der Waals surface area contributed by atoms with E-state index in [1.807, 2.05) is 6.07 Å². The smallest absolute Gasteiger partial charge is 0.314 e. The highest BCUT2D eigenvalue weighted by molar-refractivity contribution is 7.89. The minimum absolute atomic E-state index is 0.00135. The second-order valence-electron chi connectivity index (χ2n) is 7.17. The average Bonchev–Trinajstić information content (AvgIpc) is 2.76. The molecule has 9 nitrogen and oxygen atoms in total. The molecule has 0 radical (unpaired) electrons. The van der Waals surface area contributed by atoms with Crippen LogP contribution < -0.4 is 11.1 Å². The number of nitrogens with one attached hydrogen (secondary N) is 2. The maximum Gasteiger partial charge on any atom is 0.314 e. The van der Waals surface area contributed by atoms with Gasteiger partial charge < -0.3 is 14.9 Å². The fourth-order valence-electron chi connectivity index (χ4n) is 3.50. The van der Waals surface area contributed by atoms with Crippen molar-refractivity contribution in [3.8, 4) is 0 Å². The topological polar surface area (TPSA) is 123 Å². The van der Waals surface area contributed by atoms with E-state index in [0.29, 0.717) is 10.5 Å². The molecule has 0 bridgehead atoms. The van der Waals surface area contributed by atoms with E-state index in [1.54, 1.807) is 23.1 Å². The second kappa shape index (κ2) is 8.29. The Morgan fingerprint density at radius 2 is 1.58 bits per heavy atom. The number of H-pyrrole nitrogens is 2. The molecule has 0 spiro atoms. The first-order valence-corrected chi connectivity index (χ1v) is 11.4. The number of halogens is 1. The van der Waals surface area contributed by atoms with Crippen molar-refractivity contribution in [2.45, 2.75) is 11.3 Å². The van der Waals surface area contributed by atoms with Gasteiger partial charge in [0.15, 0.2) is 0 Å². The summed E-state index contributed by atoms with van der Waals surface area (Å²) in [6.07, 6.45) is 0.155. The Morgan fingerprint density at radius 1 is 0.935 bits per heavy atom. The average molecular weight is 463 g/mol. The Hall–Kier alpha value is -2.95. The van der Waals surface area contributed by atoms with Gasteiger partial charge in [-0.15, -0.1) is 0 Å². The third-order valence-electron chi connectivity index (χ3n) is 5.22. The van der Waals surface area contributed by atoms with E-state index in [-0.39, 0.29) is 48.9 Å². The standard InChI is InChI=1S/C20H19ClN4O5S/c21-15-4-2-1-3-13(15)11-18(26)24-7-9-25(10-8-24)31(29,30)14-5-6-16-17(12-14)23-20(28)19(27)22-16/h1-6,12H,7-11H2,(H,22,27)(H,23,28). The molecule has 162 valence electrons. The zero-order valence-corrected chi connectivity index (χ0v) is 17.9. The summed E-state index contributed by atoms with van der Waals surface area (Å²) in [6.45, 7) is 0.827. The van der Waals surface area contributed by atoms with Crippen LogP contribution in [0.3, 0.4) is 0 Å². The van der Waals surface area contributed by atoms with E-state index in [4.69, 9.17) is 11.6 Å². The first kappa shape index (κ1) is 21.3. The van der Waals surface area contributed by atoms with Gasteiger partial charge in [-0.3, -0.25) is 14.4 Å². The number of piperazine rings is 1. The lowest BCUT2D eigenvalue weighted by Crippen LogP contribution is -2.50. The molecule has 1 fully saturated rings. The lowest BCUT2D eigenvalue weighted by molar-refractivity contribution is -0.131. The van der Waals surface area contributed by atoms with Crippen molar-refractivity contribution in [2.75, 3.05) is 26.2 Å². The lowest BCUT2D eigenvalue weighted by atomic mass is 10.1. The van der Waals surface area contributed by atoms with Crippen molar-refractivity contribution < 1.29 is 13.2 Å². The van der Waals surface area contributed by atoms with E-state index in [2.05, 4.69) is 9.97 Å². The van der Waals surface area contributed by atoms with Gasteiger partial charge in [-0.1, -0.05) is 29.8 Å². The highest BCUT2D eigenvalue weighted by atomic mass is 35.5. The molecule has 0 aliphatic carbocycles. The molecule has 0 unspecified atom stereocenters. The van der Waals surface area contributed by atoms with Gasteiger partial charge in [0.1, 0.15) is 0 Å². The van der Waals surface area contributed by atoms with Crippen LogP contribution in [0.5, 0.6) is 0 Å². The van der Waals surface area contributed by atoms with Crippen LogP contribution in [0.1, 0.15) is 5.56 Å². The molecule has 2 heterocycles. The first-order valence-electron chi connectivity index (χ1n) is 9.53. The summed E-state index contributed by atoms with van der Waals surface area (Å²) in [5.41, 5.74) is -0.376. The van der Waals surface area contributed by atoms with E-state index in [9.17, 15) is 22.8 Å². The number of fused-ring (bicyclic) bond motifs is 1. The Kier molecular flexibility index (Phi) is 5.69. The van der Waals surface area contributed by atoms with Gasteiger partial charge in [-0.2, -0.15) is 4.31 Å². The molecule has 1 aliphatic rings. The van der Waals surface area contributed by atoms with Crippen LogP contribution in [0.25, 0.3) is 11.0 Å². The summed E-state index contributed by atoms with van der Waals surface area (Å²) < 4.78 is 27.4. The van der Waals surface area contributed by atoms with Crippen molar-refractivity contribution in [2.24, 2.45) is 0 Å². The number of aromatic nitrogens is 2. The van der Waals surface area contributed by atoms with Crippen LogP contribution >= 0.6 is 11.6 Å². The highest BCUT2D eigenvalue weighted by Crippen LogP contribution is 2.21. The summed E-state index contributed by atoms with van der Waals surface area (Å²) in [4.78, 5) is 41.9. The van der Waals surface area contributed by atoms with Gasteiger partial charge in [0.05, 0.1) is 22.3 Å². The van der Waals surface area contributed by atoms with Gasteiger partial charge in [0, 0.05) is 31.2 Å². The van der Waals surface area contributed by atoms with Crippen molar-refractivity contribution in [1.82, 2.24) is 19.2 Å². The van der Waals surface area contributed by atoms with Crippen LogP contribution in [0, 0.1) is 0 Å². The third kappa shape index (κ3) is 4.27. The minimum atomic E-state index is -3.83. The number of carbonyl (C=O) groups is 1. The number of nitrogens with zero attached hydrogens (tertiary/aromatic N) is 2. The van der Waals surface area contributed by atoms with Crippen LogP contribution in [-0.4, -0.2) is 59.7 Å². The maximum atomic E-state index is 13.0. The van der Waals surface area contributed by atoms with Gasteiger partial charge in [0.2, 0.25) is 15.9 Å². The predicted molar refractivity (Wildman–Crippen MR) is 116 cm³/mol. The summed E-state index contributed by atoms with van der Waals surface area (Å²) in [6, 6.07) is 11.2. The molecule has 1 saturated heterocycles. The summed E-state index contributed by atoms with van der Waals surface area (Å²) in [5.74, 6) is -0.114. The van der Waals surface area contributed by atoms with Crippen molar-refractivity contribution in [3.05, 3.63) is 73.8 Å². The zero-order chi connectivity index (χ0) is 22.2. The summed E-state index contributed by atoms with van der Waals surface area (Å²) >= 11 is 6.12. The number of aromatic amines is 2. The fraction of sp³-hybridized carbons (Fsp3) is 0.250. The monoisotopic (exact) mass is 462 g/mol. The number of amides is 1. The molecule has 1 aliphatic heterocycles. The number of hydrogen-bond acceptors (Lipinski definition) is 5. The molecule has 4 rings (SSSR count). The van der Waals surface area contributed by atoms with Crippen molar-refractivity contribution >= 4 is 38.6 Å². The first-order chi connectivity index (χ1) is 14.8. The third-order valence-corrected chi connectivity index (χ3v) is 7.49. The fourth-order valence-corrected chi connectivity index (χ4v) is 5.15. The highest BCUT2D eigenvalue weighted by Gasteiger charge is 2.30. The summed E-state index contributed by atoms with van der Waals surface area (Å²) in [7, 11) is -3.83.